The van der Waals surface area contributed by atoms with Crippen molar-refractivity contribution in [3.8, 4) is 0 Å². The van der Waals surface area contributed by atoms with E-state index >= 15 is 0 Å². The molecule has 1 aromatic heterocycles. The van der Waals surface area contributed by atoms with Crippen molar-refractivity contribution >= 4 is 17.6 Å². The van der Waals surface area contributed by atoms with Gasteiger partial charge in [-0.25, -0.2) is 18.6 Å². The Labute approximate surface area is 88.7 Å². The second-order valence-electron chi connectivity index (χ2n) is 2.67. The van der Waals surface area contributed by atoms with Crippen LogP contribution in [0.4, 0.5) is 8.78 Å². The smallest absolute Gasteiger partial charge is 0.337 e. The van der Waals surface area contributed by atoms with Crippen LogP contribution in [0.1, 0.15) is 28.2 Å². The summed E-state index contributed by atoms with van der Waals surface area (Å²) in [6.45, 7) is -0.128. The van der Waals surface area contributed by atoms with Crippen LogP contribution in [0.3, 0.4) is 0 Å². The monoisotopic (exact) mass is 236 g/mol. The molecule has 0 atom stereocenters. The van der Waals surface area contributed by atoms with Crippen LogP contribution in [0.2, 0.25) is 5.02 Å². The number of carboxylic acids is 1. The van der Waals surface area contributed by atoms with Gasteiger partial charge in [0.25, 0.3) is 6.43 Å². The first-order chi connectivity index (χ1) is 6.97. The molecule has 1 rings (SSSR count). The van der Waals surface area contributed by atoms with Crippen molar-refractivity contribution in [2.24, 2.45) is 5.73 Å². The first-order valence-corrected chi connectivity index (χ1v) is 4.26. The van der Waals surface area contributed by atoms with E-state index < -0.39 is 28.7 Å². The lowest BCUT2D eigenvalue weighted by Gasteiger charge is -2.07. The molecule has 0 aromatic carbocycles. The molecular weight excluding hydrogens is 230 g/mol. The summed E-state index contributed by atoms with van der Waals surface area (Å²) in [6, 6.07) is 1.08. The normalized spacial score (nSPS) is 10.7. The Balaban J connectivity index is 3.40. The Morgan fingerprint density at radius 2 is 2.27 bits per heavy atom. The van der Waals surface area contributed by atoms with E-state index in [9.17, 15) is 13.6 Å². The van der Waals surface area contributed by atoms with Gasteiger partial charge in [-0.3, -0.25) is 0 Å². The molecule has 1 aromatic rings. The van der Waals surface area contributed by atoms with E-state index in [4.69, 9.17) is 22.4 Å². The van der Waals surface area contributed by atoms with Gasteiger partial charge in [0.2, 0.25) is 0 Å². The molecule has 0 saturated heterocycles. The first kappa shape index (κ1) is 11.8. The van der Waals surface area contributed by atoms with E-state index in [0.717, 1.165) is 6.07 Å². The number of hydrogen-bond donors (Lipinski definition) is 2. The third-order valence-corrected chi connectivity index (χ3v) is 2.08. The standard InChI is InChI=1S/C8H7ClF2N2O2/c9-5-4(8(14)15)1-3(2-12)13-6(5)7(10)11/h1,7H,2,12H2,(H,14,15). The summed E-state index contributed by atoms with van der Waals surface area (Å²) in [5.41, 5.74) is 4.09. The maximum Gasteiger partial charge on any atom is 0.337 e. The first-order valence-electron chi connectivity index (χ1n) is 3.88. The van der Waals surface area contributed by atoms with E-state index in [0.29, 0.717) is 0 Å². The minimum Gasteiger partial charge on any atom is -0.478 e. The second-order valence-corrected chi connectivity index (χ2v) is 3.05. The van der Waals surface area contributed by atoms with Gasteiger partial charge in [-0.2, -0.15) is 0 Å². The Morgan fingerprint density at radius 1 is 1.67 bits per heavy atom. The highest BCUT2D eigenvalue weighted by Crippen LogP contribution is 2.28. The Kier molecular flexibility index (Phi) is 3.54. The average molecular weight is 237 g/mol. The summed E-state index contributed by atoms with van der Waals surface area (Å²) in [7, 11) is 0. The number of carbonyl (C=O) groups is 1. The maximum atomic E-state index is 12.4. The van der Waals surface area contributed by atoms with E-state index in [1.165, 1.54) is 0 Å². The largest absolute Gasteiger partial charge is 0.478 e. The van der Waals surface area contributed by atoms with Crippen molar-refractivity contribution in [2.45, 2.75) is 13.0 Å². The minimum atomic E-state index is -2.93. The zero-order chi connectivity index (χ0) is 11.6. The van der Waals surface area contributed by atoms with Crippen molar-refractivity contribution in [1.29, 1.82) is 0 Å². The molecule has 7 heteroatoms. The Hall–Kier alpha value is -1.27. The van der Waals surface area contributed by atoms with E-state index in [2.05, 4.69) is 4.98 Å². The molecular formula is C8H7ClF2N2O2. The molecule has 0 radical (unpaired) electrons. The SMILES string of the molecule is NCc1cc(C(=O)O)c(Cl)c(C(F)F)n1. The zero-order valence-corrected chi connectivity index (χ0v) is 8.13. The van der Waals surface area contributed by atoms with Crippen molar-refractivity contribution in [3.63, 3.8) is 0 Å². The van der Waals surface area contributed by atoms with Gasteiger partial charge in [0.1, 0.15) is 5.69 Å². The minimum absolute atomic E-state index is 0.0621. The van der Waals surface area contributed by atoms with Crippen LogP contribution in [0, 0.1) is 0 Å². The summed E-state index contributed by atoms with van der Waals surface area (Å²) >= 11 is 5.46. The number of halogens is 3. The quantitative estimate of drug-likeness (QED) is 0.839. The average Bonchev–Trinajstić information content (AvgIpc) is 2.17. The van der Waals surface area contributed by atoms with Crippen LogP contribution in [0.25, 0.3) is 0 Å². The molecule has 0 fully saturated rings. The lowest BCUT2D eigenvalue weighted by atomic mass is 10.2. The number of aromatic nitrogens is 1. The maximum absolute atomic E-state index is 12.4. The van der Waals surface area contributed by atoms with Gasteiger partial charge < -0.3 is 10.8 Å². The fourth-order valence-electron chi connectivity index (χ4n) is 1.01. The third kappa shape index (κ3) is 2.40. The molecule has 4 nitrogen and oxygen atoms in total. The van der Waals surface area contributed by atoms with Gasteiger partial charge in [-0.1, -0.05) is 11.6 Å². The molecule has 0 saturated carbocycles. The van der Waals surface area contributed by atoms with Crippen LogP contribution in [-0.4, -0.2) is 16.1 Å². The number of nitrogens with zero attached hydrogens (tertiary/aromatic N) is 1. The highest BCUT2D eigenvalue weighted by atomic mass is 35.5. The Bertz CT molecular complexity index is 398. The lowest BCUT2D eigenvalue weighted by molar-refractivity contribution is 0.0696. The molecule has 0 unspecified atom stereocenters. The highest BCUT2D eigenvalue weighted by molar-refractivity contribution is 6.34. The Morgan fingerprint density at radius 3 is 2.67 bits per heavy atom. The molecule has 82 valence electrons. The number of hydrogen-bond acceptors (Lipinski definition) is 3. The summed E-state index contributed by atoms with van der Waals surface area (Å²) in [6.07, 6.45) is -2.93. The van der Waals surface area contributed by atoms with Crippen LogP contribution in [-0.2, 0) is 6.54 Å². The third-order valence-electron chi connectivity index (χ3n) is 1.68. The van der Waals surface area contributed by atoms with Crippen molar-refractivity contribution in [3.05, 3.63) is 28.0 Å². The van der Waals surface area contributed by atoms with Crippen LogP contribution < -0.4 is 5.73 Å². The van der Waals surface area contributed by atoms with Crippen LogP contribution in [0.15, 0.2) is 6.07 Å². The van der Waals surface area contributed by atoms with Crippen molar-refractivity contribution < 1.29 is 18.7 Å². The topological polar surface area (TPSA) is 76.2 Å². The fourth-order valence-corrected chi connectivity index (χ4v) is 1.27. The lowest BCUT2D eigenvalue weighted by Crippen LogP contribution is -2.08. The number of carboxylic acid groups (broad SMARTS) is 1. The predicted octanol–water partition coefficient (Wildman–Crippen LogP) is 1.83. The number of aromatic carboxylic acids is 1. The number of nitrogens with two attached hydrogens (primary N) is 1. The van der Waals surface area contributed by atoms with Crippen molar-refractivity contribution in [1.82, 2.24) is 4.98 Å². The van der Waals surface area contributed by atoms with Gasteiger partial charge in [0.05, 0.1) is 16.3 Å². The summed E-state index contributed by atoms with van der Waals surface area (Å²) < 4.78 is 24.8. The van der Waals surface area contributed by atoms with Gasteiger partial charge in [0.15, 0.2) is 0 Å². The van der Waals surface area contributed by atoms with E-state index in [1.54, 1.807) is 0 Å². The summed E-state index contributed by atoms with van der Waals surface area (Å²) in [5.74, 6) is -1.39. The molecule has 15 heavy (non-hydrogen) atoms. The summed E-state index contributed by atoms with van der Waals surface area (Å²) in [5, 5.41) is 8.15. The number of rotatable bonds is 3. The van der Waals surface area contributed by atoms with Crippen LogP contribution in [0.5, 0.6) is 0 Å². The van der Waals surface area contributed by atoms with Crippen LogP contribution >= 0.6 is 11.6 Å². The second kappa shape index (κ2) is 4.50. The molecule has 0 aliphatic carbocycles. The molecule has 1 heterocycles. The summed E-state index contributed by atoms with van der Waals surface area (Å²) in [4.78, 5) is 14.1. The fraction of sp³-hybridized carbons (Fsp3) is 0.250. The van der Waals surface area contributed by atoms with Gasteiger partial charge in [0, 0.05) is 6.54 Å². The highest BCUT2D eigenvalue weighted by Gasteiger charge is 2.21. The molecule has 0 spiro atoms. The predicted molar refractivity (Wildman–Crippen MR) is 49.1 cm³/mol. The molecule has 0 amide bonds. The molecule has 0 aliphatic heterocycles. The van der Waals surface area contributed by atoms with Crippen molar-refractivity contribution in [2.75, 3.05) is 0 Å². The number of alkyl halides is 2. The molecule has 0 bridgehead atoms. The molecule has 0 aliphatic rings. The van der Waals surface area contributed by atoms with E-state index in [-0.39, 0.29) is 12.2 Å². The number of pyridine rings is 1. The molecule has 3 N–H and O–H groups in total. The van der Waals surface area contributed by atoms with Gasteiger partial charge in [-0.05, 0) is 6.07 Å². The zero-order valence-electron chi connectivity index (χ0n) is 7.38. The van der Waals surface area contributed by atoms with Gasteiger partial charge >= 0.3 is 5.97 Å². The van der Waals surface area contributed by atoms with Gasteiger partial charge in [-0.15, -0.1) is 0 Å². The van der Waals surface area contributed by atoms with E-state index in [1.807, 2.05) is 0 Å².